The number of fused-ring (bicyclic) bond motifs is 1. The fraction of sp³-hybridized carbons (Fsp3) is 0.412. The zero-order chi connectivity index (χ0) is 12.4. The minimum atomic E-state index is 0. The van der Waals surface area contributed by atoms with Gasteiger partial charge >= 0.3 is 0 Å². The number of benzene rings is 2. The van der Waals surface area contributed by atoms with Crippen LogP contribution >= 0.6 is 0 Å². The zero-order valence-electron chi connectivity index (χ0n) is 11.2. The summed E-state index contributed by atoms with van der Waals surface area (Å²) in [5.41, 5.74) is 0. The van der Waals surface area contributed by atoms with E-state index in [-0.39, 0.29) is 7.43 Å². The smallest absolute Gasteiger partial charge is 0.0184 e. The molecule has 0 radical (unpaired) electrons. The summed E-state index contributed by atoms with van der Waals surface area (Å²) in [6, 6.07) is 16.7. The third kappa shape index (κ3) is 8.50. The van der Waals surface area contributed by atoms with Crippen LogP contribution in [-0.2, 0) is 0 Å². The molecule has 0 N–H and O–H groups in total. The first-order valence-corrected chi connectivity index (χ1v) is 6.14. The average Bonchev–Trinajstić information content (AvgIpc) is 2.31. The molecule has 0 heteroatoms. The molecule has 0 amide bonds. The van der Waals surface area contributed by atoms with Crippen LogP contribution in [0.4, 0.5) is 0 Å². The Bertz CT molecular complexity index is 306. The lowest BCUT2D eigenvalue weighted by molar-refractivity contribution is 0.737. The van der Waals surface area contributed by atoms with Crippen LogP contribution in [0.25, 0.3) is 10.8 Å². The quantitative estimate of drug-likeness (QED) is 0.510. The Morgan fingerprint density at radius 3 is 1.00 bits per heavy atom. The highest BCUT2D eigenvalue weighted by Gasteiger charge is 1.85. The molecule has 96 valence electrons. The summed E-state index contributed by atoms with van der Waals surface area (Å²) in [6.45, 7) is 10.5. The van der Waals surface area contributed by atoms with Crippen molar-refractivity contribution in [1.29, 1.82) is 0 Å². The Labute approximate surface area is 108 Å². The van der Waals surface area contributed by atoms with Crippen molar-refractivity contribution in [2.24, 2.45) is 5.92 Å². The SMILES string of the molecule is C.CC.CC(C)C.c1ccc2ccccc2c1. The van der Waals surface area contributed by atoms with E-state index in [2.05, 4.69) is 69.3 Å². The number of hydrogen-bond acceptors (Lipinski definition) is 0. The van der Waals surface area contributed by atoms with Crippen LogP contribution in [0, 0.1) is 5.92 Å². The maximum absolute atomic E-state index is 2.17. The fourth-order valence-corrected chi connectivity index (χ4v) is 1.13. The first-order valence-electron chi connectivity index (χ1n) is 6.14. The molecule has 0 aliphatic carbocycles. The normalized spacial score (nSPS) is 8.35. The van der Waals surface area contributed by atoms with E-state index in [0.717, 1.165) is 5.92 Å². The van der Waals surface area contributed by atoms with Gasteiger partial charge in [0, 0.05) is 0 Å². The largest absolute Gasteiger partial charge is 0.0776 e. The van der Waals surface area contributed by atoms with Crippen LogP contribution in [0.5, 0.6) is 0 Å². The van der Waals surface area contributed by atoms with Gasteiger partial charge in [-0.3, -0.25) is 0 Å². The zero-order valence-corrected chi connectivity index (χ0v) is 11.2. The van der Waals surface area contributed by atoms with E-state index in [1.807, 2.05) is 13.8 Å². The first-order chi connectivity index (χ1) is 7.70. The second-order valence-corrected chi connectivity index (χ2v) is 4.08. The van der Waals surface area contributed by atoms with Crippen molar-refractivity contribution < 1.29 is 0 Å². The monoisotopic (exact) mass is 232 g/mol. The van der Waals surface area contributed by atoms with Gasteiger partial charge in [-0.2, -0.15) is 0 Å². The molecule has 0 aromatic heterocycles. The molecule has 0 aliphatic rings. The Hall–Kier alpha value is -1.30. The number of rotatable bonds is 0. The summed E-state index contributed by atoms with van der Waals surface area (Å²) in [7, 11) is 0. The van der Waals surface area contributed by atoms with E-state index in [4.69, 9.17) is 0 Å². The van der Waals surface area contributed by atoms with Gasteiger partial charge < -0.3 is 0 Å². The van der Waals surface area contributed by atoms with Crippen LogP contribution in [0.1, 0.15) is 42.0 Å². The molecule has 0 fully saturated rings. The summed E-state index contributed by atoms with van der Waals surface area (Å²) in [6.07, 6.45) is 0. The van der Waals surface area contributed by atoms with Gasteiger partial charge in [-0.25, -0.2) is 0 Å². The molecule has 0 saturated carbocycles. The van der Waals surface area contributed by atoms with Crippen molar-refractivity contribution >= 4 is 10.8 Å². The van der Waals surface area contributed by atoms with Crippen LogP contribution < -0.4 is 0 Å². The van der Waals surface area contributed by atoms with Gasteiger partial charge in [-0.05, 0) is 16.7 Å². The van der Waals surface area contributed by atoms with Crippen LogP contribution in [-0.4, -0.2) is 0 Å². The van der Waals surface area contributed by atoms with E-state index in [1.54, 1.807) is 0 Å². The van der Waals surface area contributed by atoms with Crippen molar-refractivity contribution in [3.05, 3.63) is 48.5 Å². The molecule has 17 heavy (non-hydrogen) atoms. The second-order valence-electron chi connectivity index (χ2n) is 4.08. The van der Waals surface area contributed by atoms with Crippen molar-refractivity contribution in [3.8, 4) is 0 Å². The van der Waals surface area contributed by atoms with E-state index in [9.17, 15) is 0 Å². The maximum atomic E-state index is 2.17. The topological polar surface area (TPSA) is 0 Å². The summed E-state index contributed by atoms with van der Waals surface area (Å²) in [4.78, 5) is 0. The van der Waals surface area contributed by atoms with Crippen molar-refractivity contribution in [3.63, 3.8) is 0 Å². The molecule has 2 rings (SSSR count). The van der Waals surface area contributed by atoms with Gasteiger partial charge in [0.05, 0.1) is 0 Å². The predicted molar refractivity (Wildman–Crippen MR) is 82.5 cm³/mol. The van der Waals surface area contributed by atoms with Crippen LogP contribution in [0.3, 0.4) is 0 Å². The molecule has 0 heterocycles. The summed E-state index contributed by atoms with van der Waals surface area (Å²) < 4.78 is 0. The Balaban J connectivity index is 0. The molecule has 0 atom stereocenters. The molecular formula is C17H28. The van der Waals surface area contributed by atoms with Crippen molar-refractivity contribution in [1.82, 2.24) is 0 Å². The number of hydrogen-bond donors (Lipinski definition) is 0. The van der Waals surface area contributed by atoms with Gasteiger partial charge in [-0.1, -0.05) is 90.6 Å². The second kappa shape index (κ2) is 11.2. The first kappa shape index (κ1) is 18.1. The van der Waals surface area contributed by atoms with Gasteiger partial charge in [-0.15, -0.1) is 0 Å². The van der Waals surface area contributed by atoms with E-state index in [1.165, 1.54) is 10.8 Å². The predicted octanol–water partition coefficient (Wildman–Crippen LogP) is 6.16. The summed E-state index contributed by atoms with van der Waals surface area (Å²) in [5, 5.41) is 2.62. The maximum Gasteiger partial charge on any atom is -0.0184 e. The van der Waals surface area contributed by atoms with Crippen LogP contribution in [0.15, 0.2) is 48.5 Å². The summed E-state index contributed by atoms with van der Waals surface area (Å²) >= 11 is 0. The highest BCUT2D eigenvalue weighted by Crippen LogP contribution is 2.11. The Morgan fingerprint density at radius 2 is 0.824 bits per heavy atom. The standard InChI is InChI=1S/C10H8.C4H10.C2H6.CH4/c1-2-6-10-8-4-3-7-9(10)5-1;1-4(2)3;1-2;/h1-8H;4H,1-3H3;1-2H3;1H4. The third-order valence-corrected chi connectivity index (χ3v) is 1.66. The Morgan fingerprint density at radius 1 is 0.647 bits per heavy atom. The van der Waals surface area contributed by atoms with Gasteiger partial charge in [0.1, 0.15) is 0 Å². The van der Waals surface area contributed by atoms with Gasteiger partial charge in [0.25, 0.3) is 0 Å². The van der Waals surface area contributed by atoms with Gasteiger partial charge in [0.2, 0.25) is 0 Å². The lowest BCUT2D eigenvalue weighted by atomic mass is 10.1. The highest BCUT2D eigenvalue weighted by atomic mass is 13.9. The minimum absolute atomic E-state index is 0. The average molecular weight is 232 g/mol. The van der Waals surface area contributed by atoms with Crippen molar-refractivity contribution in [2.75, 3.05) is 0 Å². The molecule has 2 aromatic carbocycles. The van der Waals surface area contributed by atoms with E-state index in [0.29, 0.717) is 0 Å². The fourth-order valence-electron chi connectivity index (χ4n) is 1.13. The highest BCUT2D eigenvalue weighted by molar-refractivity contribution is 5.81. The molecule has 0 unspecified atom stereocenters. The van der Waals surface area contributed by atoms with Crippen LogP contribution in [0.2, 0.25) is 0 Å². The molecule has 2 aromatic rings. The third-order valence-electron chi connectivity index (χ3n) is 1.66. The lowest BCUT2D eigenvalue weighted by Gasteiger charge is -1.92. The molecular weight excluding hydrogens is 204 g/mol. The molecule has 0 aliphatic heterocycles. The van der Waals surface area contributed by atoms with E-state index >= 15 is 0 Å². The van der Waals surface area contributed by atoms with Gasteiger partial charge in [0.15, 0.2) is 0 Å². The molecule has 0 nitrogen and oxygen atoms in total. The molecule has 0 spiro atoms. The van der Waals surface area contributed by atoms with E-state index < -0.39 is 0 Å². The lowest BCUT2D eigenvalue weighted by Crippen LogP contribution is -1.67. The van der Waals surface area contributed by atoms with Crippen molar-refractivity contribution in [2.45, 2.75) is 42.0 Å². The Kier molecular flexibility index (Phi) is 11.9. The summed E-state index contributed by atoms with van der Waals surface area (Å²) in [5.74, 6) is 0.833. The molecule has 0 bridgehead atoms. The minimum Gasteiger partial charge on any atom is -0.0776 e. The molecule has 0 saturated heterocycles.